The number of carboxylic acid groups (broad SMARTS) is 1. The van der Waals surface area contributed by atoms with Crippen LogP contribution >= 0.6 is 0 Å². The molecule has 0 aromatic rings. The summed E-state index contributed by atoms with van der Waals surface area (Å²) in [5, 5.41) is 11.0. The van der Waals surface area contributed by atoms with Gasteiger partial charge in [-0.25, -0.2) is 0 Å². The number of hydrogen-bond donors (Lipinski definition) is 2. The van der Waals surface area contributed by atoms with Gasteiger partial charge >= 0.3 is 11.9 Å². The number of esters is 1. The Kier molecular flexibility index (Phi) is 33.3. The highest BCUT2D eigenvalue weighted by molar-refractivity contribution is 5.80. The molecule has 0 rings (SSSR count). The number of aliphatic carboxylic acids is 1. The van der Waals surface area contributed by atoms with E-state index in [0.717, 1.165) is 103 Å². The Morgan fingerprint density at radius 3 is 1.55 bits per heavy atom. The van der Waals surface area contributed by atoms with Crippen molar-refractivity contribution in [2.24, 2.45) is 0 Å². The van der Waals surface area contributed by atoms with Crippen LogP contribution in [0.1, 0.15) is 155 Å². The topological polar surface area (TPSA) is 92.7 Å². The number of nitrogens with one attached hydrogen (secondary N) is 1. The summed E-state index contributed by atoms with van der Waals surface area (Å²) >= 11 is 0. The molecular weight excluding hydrogens is 586 g/mol. The fourth-order valence-corrected chi connectivity index (χ4v) is 4.93. The largest absolute Gasteiger partial charge is 0.480 e. The summed E-state index contributed by atoms with van der Waals surface area (Å²) in [4.78, 5) is 34.7. The minimum Gasteiger partial charge on any atom is -0.480 e. The molecule has 0 saturated heterocycles. The van der Waals surface area contributed by atoms with Gasteiger partial charge in [-0.15, -0.1) is 0 Å². The summed E-state index contributed by atoms with van der Waals surface area (Å²) in [6.07, 6.45) is 47.5. The number of hydrogen-bond acceptors (Lipinski definition) is 4. The smallest absolute Gasteiger partial charge is 0.322 e. The van der Waals surface area contributed by atoms with Crippen LogP contribution in [0.3, 0.4) is 0 Å². The second kappa shape index (κ2) is 35.7. The molecule has 0 saturated carbocycles. The number of carbonyl (C=O) groups excluding carboxylic acids is 2. The molecule has 0 aromatic heterocycles. The van der Waals surface area contributed by atoms with Crippen molar-refractivity contribution in [2.45, 2.75) is 161 Å². The van der Waals surface area contributed by atoms with Crippen molar-refractivity contribution in [3.8, 4) is 0 Å². The van der Waals surface area contributed by atoms with Crippen molar-refractivity contribution in [1.29, 1.82) is 0 Å². The second-order valence-corrected chi connectivity index (χ2v) is 12.1. The van der Waals surface area contributed by atoms with E-state index in [1.165, 1.54) is 25.7 Å². The fraction of sp³-hybridized carbons (Fsp3) is 0.634. The van der Waals surface area contributed by atoms with Gasteiger partial charge in [0.15, 0.2) is 0 Å². The van der Waals surface area contributed by atoms with Crippen molar-refractivity contribution >= 4 is 17.8 Å². The van der Waals surface area contributed by atoms with E-state index < -0.39 is 5.97 Å². The van der Waals surface area contributed by atoms with Gasteiger partial charge in [0.2, 0.25) is 5.91 Å². The summed E-state index contributed by atoms with van der Waals surface area (Å²) in [5.41, 5.74) is 0. The maximum atomic E-state index is 12.6. The molecule has 6 nitrogen and oxygen atoms in total. The zero-order valence-electron chi connectivity index (χ0n) is 29.8. The molecule has 0 radical (unpaired) electrons. The van der Waals surface area contributed by atoms with Gasteiger partial charge in [0.25, 0.3) is 0 Å². The average Bonchev–Trinajstić information content (AvgIpc) is 3.05. The molecule has 0 spiro atoms. The lowest BCUT2D eigenvalue weighted by Crippen LogP contribution is -2.28. The van der Waals surface area contributed by atoms with E-state index in [0.29, 0.717) is 12.8 Å². The number of carbonyl (C=O) groups is 3. The van der Waals surface area contributed by atoms with Crippen LogP contribution in [0, 0.1) is 0 Å². The van der Waals surface area contributed by atoms with Gasteiger partial charge in [0, 0.05) is 12.8 Å². The third-order valence-electron chi connectivity index (χ3n) is 7.64. The normalized spacial score (nSPS) is 12.9. The molecule has 1 amide bonds. The lowest BCUT2D eigenvalue weighted by Gasteiger charge is -2.18. The number of unbranched alkanes of at least 4 members (excludes halogenated alkanes) is 9. The first-order valence-electron chi connectivity index (χ1n) is 18.6. The van der Waals surface area contributed by atoms with Crippen LogP contribution in [0.4, 0.5) is 0 Å². The zero-order valence-corrected chi connectivity index (χ0v) is 29.8. The third kappa shape index (κ3) is 35.5. The average molecular weight is 654 g/mol. The summed E-state index contributed by atoms with van der Waals surface area (Å²) < 4.78 is 5.90. The van der Waals surface area contributed by atoms with Gasteiger partial charge < -0.3 is 15.2 Å². The monoisotopic (exact) mass is 654 g/mol. The Labute approximate surface area is 287 Å². The van der Waals surface area contributed by atoms with E-state index in [2.05, 4.69) is 92.1 Å². The van der Waals surface area contributed by atoms with Gasteiger partial charge in [0.1, 0.15) is 12.6 Å². The molecule has 6 heteroatoms. The first kappa shape index (κ1) is 43.9. The molecule has 0 aliphatic heterocycles. The standard InChI is InChI=1S/C41H67NO5/c1-3-5-7-9-10-11-12-13-14-15-16-17-18-19-20-21-22-23-24-26-32-36-41(46)47-38(33-29-25-8-6-4-2)34-30-27-28-31-35-39(43)42-37-40(44)45/h5,7,10-11,13-14,16-17,19-20,22-23,38H,3-4,6,8-9,12,15,18,21,24-37H2,1-2H3,(H,42,43)(H,44,45)/b7-5-,11-10-,14-13-,17-16-,20-19-,23-22-. The fourth-order valence-electron chi connectivity index (χ4n) is 4.93. The molecule has 2 N–H and O–H groups in total. The molecule has 47 heavy (non-hydrogen) atoms. The molecule has 266 valence electrons. The number of ether oxygens (including phenoxy) is 1. The van der Waals surface area contributed by atoms with Gasteiger partial charge in [-0.3, -0.25) is 14.4 Å². The lowest BCUT2D eigenvalue weighted by atomic mass is 10.0. The van der Waals surface area contributed by atoms with Crippen LogP contribution in [0.2, 0.25) is 0 Å². The molecule has 1 unspecified atom stereocenters. The van der Waals surface area contributed by atoms with E-state index in [1.54, 1.807) is 0 Å². The Balaban J connectivity index is 4.06. The van der Waals surface area contributed by atoms with Crippen molar-refractivity contribution in [3.05, 3.63) is 72.9 Å². The zero-order chi connectivity index (χ0) is 34.5. The van der Waals surface area contributed by atoms with Crippen LogP contribution in [0.25, 0.3) is 0 Å². The van der Waals surface area contributed by atoms with Gasteiger partial charge in [-0.05, 0) is 89.9 Å². The molecule has 0 aliphatic carbocycles. The predicted octanol–water partition coefficient (Wildman–Crippen LogP) is 11.1. The first-order chi connectivity index (χ1) is 23.0. The number of rotatable bonds is 32. The Morgan fingerprint density at radius 1 is 0.574 bits per heavy atom. The van der Waals surface area contributed by atoms with Crippen molar-refractivity contribution in [1.82, 2.24) is 5.32 Å². The molecule has 0 aliphatic rings. The van der Waals surface area contributed by atoms with Gasteiger partial charge in [-0.2, -0.15) is 0 Å². The van der Waals surface area contributed by atoms with Crippen molar-refractivity contribution < 1.29 is 24.2 Å². The van der Waals surface area contributed by atoms with E-state index in [4.69, 9.17) is 9.84 Å². The van der Waals surface area contributed by atoms with Crippen LogP contribution in [-0.2, 0) is 19.1 Å². The van der Waals surface area contributed by atoms with E-state index in [9.17, 15) is 14.4 Å². The summed E-state index contributed by atoms with van der Waals surface area (Å²) in [5.74, 6) is -1.33. The SMILES string of the molecule is CC/C=C\C/C=C\C/C=C\C/C=C\C/C=C\C/C=C\CCCCC(=O)OC(CCCCCCC)CCCCCCC(=O)NCC(=O)O. The van der Waals surface area contributed by atoms with Crippen LogP contribution in [0.15, 0.2) is 72.9 Å². The minimum atomic E-state index is -1.03. The quantitative estimate of drug-likeness (QED) is 0.0428. The number of allylic oxidation sites excluding steroid dienone is 12. The maximum Gasteiger partial charge on any atom is 0.322 e. The Morgan fingerprint density at radius 2 is 1.04 bits per heavy atom. The molecular formula is C41H67NO5. The van der Waals surface area contributed by atoms with E-state index in [-0.39, 0.29) is 24.5 Å². The first-order valence-corrected chi connectivity index (χ1v) is 18.6. The maximum absolute atomic E-state index is 12.6. The summed E-state index contributed by atoms with van der Waals surface area (Å²) in [6, 6.07) is 0. The molecule has 0 fully saturated rings. The number of carboxylic acids is 1. The highest BCUT2D eigenvalue weighted by Gasteiger charge is 2.14. The Bertz CT molecular complexity index is 943. The second-order valence-electron chi connectivity index (χ2n) is 12.1. The summed E-state index contributed by atoms with van der Waals surface area (Å²) in [7, 11) is 0. The van der Waals surface area contributed by atoms with Crippen LogP contribution in [0.5, 0.6) is 0 Å². The minimum absolute atomic E-state index is 0.0219. The highest BCUT2D eigenvalue weighted by atomic mass is 16.5. The summed E-state index contributed by atoms with van der Waals surface area (Å²) in [6.45, 7) is 4.04. The molecule has 0 bridgehead atoms. The van der Waals surface area contributed by atoms with Gasteiger partial charge in [-0.1, -0.05) is 125 Å². The third-order valence-corrected chi connectivity index (χ3v) is 7.64. The van der Waals surface area contributed by atoms with Crippen molar-refractivity contribution in [3.63, 3.8) is 0 Å². The molecule has 1 atom stereocenters. The van der Waals surface area contributed by atoms with Crippen molar-refractivity contribution in [2.75, 3.05) is 6.54 Å². The Hall–Kier alpha value is -3.15. The van der Waals surface area contributed by atoms with Gasteiger partial charge in [0.05, 0.1) is 0 Å². The number of amides is 1. The van der Waals surface area contributed by atoms with E-state index in [1.807, 2.05) is 0 Å². The molecule has 0 aromatic carbocycles. The lowest BCUT2D eigenvalue weighted by molar-refractivity contribution is -0.150. The van der Waals surface area contributed by atoms with E-state index >= 15 is 0 Å². The highest BCUT2D eigenvalue weighted by Crippen LogP contribution is 2.17. The predicted molar refractivity (Wildman–Crippen MR) is 198 cm³/mol. The van der Waals surface area contributed by atoms with Crippen LogP contribution in [-0.4, -0.2) is 35.6 Å². The van der Waals surface area contributed by atoms with Crippen LogP contribution < -0.4 is 5.32 Å². The molecule has 0 heterocycles.